The molecular weight excluding hydrogens is 314 g/mol. The van der Waals surface area contributed by atoms with E-state index in [1.165, 1.54) is 12.1 Å². The molecule has 0 aliphatic heterocycles. The fourth-order valence-corrected chi connectivity index (χ4v) is 2.84. The van der Waals surface area contributed by atoms with Crippen molar-refractivity contribution in [3.8, 4) is 5.69 Å². The molecule has 0 spiro atoms. The Labute approximate surface area is 128 Å². The van der Waals surface area contributed by atoms with E-state index in [1.807, 2.05) is 0 Å². The van der Waals surface area contributed by atoms with Crippen molar-refractivity contribution in [1.29, 1.82) is 0 Å². The molecule has 3 rings (SSSR count). The maximum Gasteiger partial charge on any atom is 0.435 e. The van der Waals surface area contributed by atoms with Crippen LogP contribution in [0.1, 0.15) is 29.8 Å². The molecule has 0 saturated heterocycles. The van der Waals surface area contributed by atoms with Crippen LogP contribution in [0.25, 0.3) is 5.69 Å². The van der Waals surface area contributed by atoms with Gasteiger partial charge in [0.1, 0.15) is 11.5 Å². The Morgan fingerprint density at radius 1 is 1.22 bits per heavy atom. The Hall–Kier alpha value is -2.47. The van der Waals surface area contributed by atoms with Gasteiger partial charge in [-0.15, -0.1) is 0 Å². The molecule has 8 heteroatoms. The van der Waals surface area contributed by atoms with Gasteiger partial charge in [0, 0.05) is 17.3 Å². The lowest BCUT2D eigenvalue weighted by atomic mass is 9.95. The zero-order chi connectivity index (χ0) is 16.6. The van der Waals surface area contributed by atoms with Gasteiger partial charge in [-0.1, -0.05) is 0 Å². The summed E-state index contributed by atoms with van der Waals surface area (Å²) < 4.78 is 54.0. The first-order chi connectivity index (χ1) is 10.9. The molecule has 1 aliphatic rings. The van der Waals surface area contributed by atoms with Gasteiger partial charge in [0.05, 0.1) is 5.69 Å². The van der Waals surface area contributed by atoms with Crippen molar-refractivity contribution in [3.05, 3.63) is 41.0 Å². The summed E-state index contributed by atoms with van der Waals surface area (Å²) in [6.45, 7) is 0. The van der Waals surface area contributed by atoms with Crippen molar-refractivity contribution >= 4 is 11.8 Å². The second-order valence-corrected chi connectivity index (χ2v) is 5.23. The number of isocyanates is 1. The average molecular weight is 325 g/mol. The predicted octanol–water partition coefficient (Wildman–Crippen LogP) is 3.88. The maximum atomic E-state index is 13.3. The fraction of sp³-hybridized carbons (Fsp3) is 0.333. The highest BCUT2D eigenvalue weighted by Crippen LogP contribution is 2.38. The summed E-state index contributed by atoms with van der Waals surface area (Å²) in [5.74, 6) is -0.653. The molecule has 0 fully saturated rings. The van der Waals surface area contributed by atoms with Crippen LogP contribution in [-0.4, -0.2) is 15.9 Å². The van der Waals surface area contributed by atoms with Gasteiger partial charge in [-0.3, -0.25) is 0 Å². The minimum absolute atomic E-state index is 0.107. The van der Waals surface area contributed by atoms with Gasteiger partial charge in [0.2, 0.25) is 6.08 Å². The molecule has 0 radical (unpaired) electrons. The van der Waals surface area contributed by atoms with E-state index in [1.54, 1.807) is 0 Å². The number of hydrogen-bond donors (Lipinski definition) is 0. The summed E-state index contributed by atoms with van der Waals surface area (Å²) in [6.07, 6.45) is -1.17. The van der Waals surface area contributed by atoms with Crippen LogP contribution in [-0.2, 0) is 23.8 Å². The van der Waals surface area contributed by atoms with Crippen molar-refractivity contribution in [2.45, 2.75) is 31.9 Å². The van der Waals surface area contributed by atoms with Crippen LogP contribution < -0.4 is 0 Å². The number of aliphatic imine (C=N–C) groups is 1. The van der Waals surface area contributed by atoms with Crippen LogP contribution in [0.2, 0.25) is 0 Å². The molecule has 1 aromatic carbocycles. The Morgan fingerprint density at radius 3 is 2.65 bits per heavy atom. The van der Waals surface area contributed by atoms with E-state index in [0.29, 0.717) is 18.5 Å². The highest BCUT2D eigenvalue weighted by molar-refractivity contribution is 5.62. The Bertz CT molecular complexity index is 804. The number of hydrogen-bond acceptors (Lipinski definition) is 3. The Kier molecular flexibility index (Phi) is 3.77. The number of alkyl halides is 3. The first kappa shape index (κ1) is 15.4. The monoisotopic (exact) mass is 325 g/mol. The summed E-state index contributed by atoms with van der Waals surface area (Å²) in [6, 6.07) is 3.31. The first-order valence-electron chi connectivity index (χ1n) is 6.97. The smallest absolute Gasteiger partial charge is 0.235 e. The number of carbonyl (C=O) groups excluding carboxylic acids is 1. The van der Waals surface area contributed by atoms with E-state index in [2.05, 4.69) is 10.1 Å². The van der Waals surface area contributed by atoms with Crippen molar-refractivity contribution in [1.82, 2.24) is 9.78 Å². The third kappa shape index (κ3) is 2.77. The zero-order valence-electron chi connectivity index (χ0n) is 11.8. The van der Waals surface area contributed by atoms with E-state index >= 15 is 0 Å². The molecule has 0 N–H and O–H groups in total. The highest BCUT2D eigenvalue weighted by atomic mass is 19.4. The normalized spacial score (nSPS) is 14.3. The number of rotatable bonds is 2. The summed E-state index contributed by atoms with van der Waals surface area (Å²) in [4.78, 5) is 13.9. The van der Waals surface area contributed by atoms with Gasteiger partial charge in [-0.2, -0.15) is 23.3 Å². The van der Waals surface area contributed by atoms with Crippen LogP contribution in [0.4, 0.5) is 23.2 Å². The molecule has 4 nitrogen and oxygen atoms in total. The SMILES string of the molecule is O=C=Nc1cc(F)ccc1-n1nc(C(F)(F)F)c2c1CCCC2. The third-order valence-electron chi connectivity index (χ3n) is 3.78. The van der Waals surface area contributed by atoms with Gasteiger partial charge in [-0.25, -0.2) is 13.9 Å². The molecule has 1 aromatic heterocycles. The van der Waals surface area contributed by atoms with Crippen LogP contribution in [0.5, 0.6) is 0 Å². The Morgan fingerprint density at radius 2 is 1.96 bits per heavy atom. The lowest BCUT2D eigenvalue weighted by molar-refractivity contribution is -0.142. The second kappa shape index (κ2) is 5.62. The molecule has 2 aromatic rings. The standard InChI is InChI=1S/C15H11F4N3O/c16-9-5-6-13(11(7-9)20-8-23)22-12-4-2-1-3-10(12)14(21-22)15(17,18)19/h5-7H,1-4H2. The minimum Gasteiger partial charge on any atom is -0.235 e. The van der Waals surface area contributed by atoms with Crippen molar-refractivity contribution < 1.29 is 22.4 Å². The van der Waals surface area contributed by atoms with Gasteiger partial charge in [0.15, 0.2) is 5.69 Å². The third-order valence-corrected chi connectivity index (χ3v) is 3.78. The number of nitrogens with zero attached hydrogens (tertiary/aromatic N) is 3. The molecule has 0 amide bonds. The zero-order valence-corrected chi connectivity index (χ0v) is 11.8. The maximum absolute atomic E-state index is 13.3. The van der Waals surface area contributed by atoms with E-state index in [9.17, 15) is 22.4 Å². The summed E-state index contributed by atoms with van der Waals surface area (Å²) >= 11 is 0. The quantitative estimate of drug-likeness (QED) is 0.478. The van der Waals surface area contributed by atoms with E-state index < -0.39 is 17.7 Å². The molecular formula is C15H11F4N3O. The largest absolute Gasteiger partial charge is 0.435 e. The van der Waals surface area contributed by atoms with Gasteiger partial charge in [0.25, 0.3) is 0 Å². The predicted molar refractivity (Wildman–Crippen MR) is 72.9 cm³/mol. The number of fused-ring (bicyclic) bond motifs is 1. The number of benzene rings is 1. The van der Waals surface area contributed by atoms with Crippen molar-refractivity contribution in [2.24, 2.45) is 4.99 Å². The average Bonchev–Trinajstić information content (AvgIpc) is 2.88. The second-order valence-electron chi connectivity index (χ2n) is 5.23. The lowest BCUT2D eigenvalue weighted by Crippen LogP contribution is -2.11. The van der Waals surface area contributed by atoms with Gasteiger partial charge in [-0.05, 0) is 37.8 Å². The first-order valence-corrected chi connectivity index (χ1v) is 6.97. The Balaban J connectivity index is 2.25. The topological polar surface area (TPSA) is 47.2 Å². The summed E-state index contributed by atoms with van der Waals surface area (Å²) in [7, 11) is 0. The van der Waals surface area contributed by atoms with Gasteiger partial charge < -0.3 is 0 Å². The van der Waals surface area contributed by atoms with E-state index in [0.717, 1.165) is 23.2 Å². The number of aromatic nitrogens is 2. The highest BCUT2D eigenvalue weighted by Gasteiger charge is 2.39. The van der Waals surface area contributed by atoms with Gasteiger partial charge >= 0.3 is 6.18 Å². The van der Waals surface area contributed by atoms with Crippen molar-refractivity contribution in [3.63, 3.8) is 0 Å². The molecule has 0 unspecified atom stereocenters. The molecule has 0 atom stereocenters. The van der Waals surface area contributed by atoms with E-state index in [4.69, 9.17) is 0 Å². The molecule has 0 bridgehead atoms. The summed E-state index contributed by atoms with van der Waals surface area (Å²) in [5, 5.41) is 3.69. The fourth-order valence-electron chi connectivity index (χ4n) is 2.84. The van der Waals surface area contributed by atoms with Crippen LogP contribution in [0.3, 0.4) is 0 Å². The molecule has 1 heterocycles. The minimum atomic E-state index is -4.57. The summed E-state index contributed by atoms with van der Waals surface area (Å²) in [5.41, 5.74) is -0.322. The lowest BCUT2D eigenvalue weighted by Gasteiger charge is -2.15. The van der Waals surface area contributed by atoms with Crippen LogP contribution in [0, 0.1) is 5.82 Å². The molecule has 120 valence electrons. The molecule has 23 heavy (non-hydrogen) atoms. The van der Waals surface area contributed by atoms with Crippen LogP contribution in [0.15, 0.2) is 23.2 Å². The van der Waals surface area contributed by atoms with E-state index in [-0.39, 0.29) is 23.4 Å². The molecule has 1 aliphatic carbocycles. The molecule has 0 saturated carbocycles. The number of halogens is 4. The van der Waals surface area contributed by atoms with Crippen molar-refractivity contribution in [2.75, 3.05) is 0 Å². The van der Waals surface area contributed by atoms with Crippen LogP contribution >= 0.6 is 0 Å².